The number of hydrogen-bond donors (Lipinski definition) is 1. The summed E-state index contributed by atoms with van der Waals surface area (Å²) in [6.07, 6.45) is 3.13. The number of nitrogens with one attached hydrogen (secondary N) is 1. The summed E-state index contributed by atoms with van der Waals surface area (Å²) in [5.41, 5.74) is 8.69. The fourth-order valence-corrected chi connectivity index (χ4v) is 7.60. The van der Waals surface area contributed by atoms with Crippen LogP contribution < -0.4 is 0 Å². The highest BCUT2D eigenvalue weighted by Crippen LogP contribution is 2.39. The van der Waals surface area contributed by atoms with Gasteiger partial charge in [-0.1, -0.05) is 42.5 Å². The van der Waals surface area contributed by atoms with Crippen molar-refractivity contribution in [2.45, 2.75) is 97.4 Å². The van der Waals surface area contributed by atoms with E-state index in [0.29, 0.717) is 13.1 Å². The quantitative estimate of drug-likeness (QED) is 0.205. The average Bonchev–Trinajstić information content (AvgIpc) is 3.85. The van der Waals surface area contributed by atoms with E-state index < -0.39 is 11.2 Å². The molecule has 0 radical (unpaired) electrons. The summed E-state index contributed by atoms with van der Waals surface area (Å²) in [5, 5.41) is 1.17. The molecule has 2 fully saturated rings. The van der Waals surface area contributed by atoms with Crippen molar-refractivity contribution in [3.05, 3.63) is 77.7 Å². The molecule has 7 rings (SSSR count). The van der Waals surface area contributed by atoms with Crippen molar-refractivity contribution in [2.75, 3.05) is 13.1 Å². The van der Waals surface area contributed by atoms with Gasteiger partial charge in [0.2, 0.25) is 0 Å². The number of aromatic nitrogens is 3. The normalized spacial score (nSPS) is 18.4. The molecular weight excluding hydrogens is 626 g/mol. The van der Waals surface area contributed by atoms with Crippen molar-refractivity contribution < 1.29 is 19.1 Å². The molecule has 0 spiro atoms. The van der Waals surface area contributed by atoms with Crippen LogP contribution in [0.15, 0.2) is 60.7 Å². The smallest absolute Gasteiger partial charge is 0.410 e. The van der Waals surface area contributed by atoms with Gasteiger partial charge in [-0.15, -0.1) is 0 Å². The van der Waals surface area contributed by atoms with Gasteiger partial charge >= 0.3 is 12.2 Å². The number of imidazole rings is 1. The van der Waals surface area contributed by atoms with E-state index >= 15 is 0 Å². The van der Waals surface area contributed by atoms with Crippen molar-refractivity contribution in [1.82, 2.24) is 24.3 Å². The fraction of sp³-hybridized carbons (Fsp3) is 0.439. The summed E-state index contributed by atoms with van der Waals surface area (Å²) in [5.74, 6) is 0.888. The lowest BCUT2D eigenvalue weighted by Gasteiger charge is -2.28. The summed E-state index contributed by atoms with van der Waals surface area (Å²) >= 11 is 0. The van der Waals surface area contributed by atoms with Crippen LogP contribution in [0.4, 0.5) is 9.59 Å². The first-order valence-corrected chi connectivity index (χ1v) is 17.9. The molecule has 1 N–H and O–H groups in total. The van der Waals surface area contributed by atoms with Gasteiger partial charge in [-0.25, -0.2) is 14.6 Å². The first kappa shape index (κ1) is 33.7. The third kappa shape index (κ3) is 6.45. The Bertz CT molecular complexity index is 1930. The highest BCUT2D eigenvalue weighted by Gasteiger charge is 2.37. The van der Waals surface area contributed by atoms with Crippen LogP contribution >= 0.6 is 0 Å². The van der Waals surface area contributed by atoms with Gasteiger partial charge in [0.1, 0.15) is 17.0 Å². The molecule has 0 unspecified atom stereocenters. The SMILES string of the molecule is Cc1c([C@@H]2CCCN2C(=O)OC(C)(C)C)[nH]c2cc(-c3ccc(-c4ccc5c(c4)nc([C@@H]4CCCN4C(=O)OC(C)(C)C)n5C)cc3)ccc12. The second kappa shape index (κ2) is 12.5. The number of aromatic amines is 1. The summed E-state index contributed by atoms with van der Waals surface area (Å²) in [7, 11) is 2.03. The second-order valence-corrected chi connectivity index (χ2v) is 15.9. The van der Waals surface area contributed by atoms with Gasteiger partial charge in [-0.2, -0.15) is 0 Å². The Morgan fingerprint density at radius 2 is 1.26 bits per heavy atom. The van der Waals surface area contributed by atoms with Crippen molar-refractivity contribution in [3.8, 4) is 22.3 Å². The Morgan fingerprint density at radius 3 is 1.86 bits per heavy atom. The van der Waals surface area contributed by atoms with Crippen LogP contribution in [0.25, 0.3) is 44.2 Å². The molecule has 9 heteroatoms. The van der Waals surface area contributed by atoms with Gasteiger partial charge in [-0.05, 0) is 120 Å². The molecule has 0 bridgehead atoms. The predicted molar refractivity (Wildman–Crippen MR) is 198 cm³/mol. The van der Waals surface area contributed by atoms with Gasteiger partial charge < -0.3 is 19.0 Å². The minimum absolute atomic E-state index is 0.0189. The number of benzene rings is 3. The van der Waals surface area contributed by atoms with E-state index in [1.165, 1.54) is 10.9 Å². The summed E-state index contributed by atoms with van der Waals surface area (Å²) in [6.45, 7) is 14.9. The summed E-state index contributed by atoms with van der Waals surface area (Å²) in [6, 6.07) is 21.5. The first-order chi connectivity index (χ1) is 23.7. The molecule has 0 saturated carbocycles. The zero-order valence-electron chi connectivity index (χ0n) is 30.6. The van der Waals surface area contributed by atoms with E-state index in [9.17, 15) is 9.59 Å². The monoisotopic (exact) mass is 675 g/mol. The van der Waals surface area contributed by atoms with Gasteiger partial charge in [0.25, 0.3) is 0 Å². The molecule has 2 aromatic heterocycles. The lowest BCUT2D eigenvalue weighted by molar-refractivity contribution is 0.0208. The Balaban J connectivity index is 1.11. The van der Waals surface area contributed by atoms with Gasteiger partial charge in [0, 0.05) is 36.7 Å². The highest BCUT2D eigenvalue weighted by atomic mass is 16.6. The molecule has 9 nitrogen and oxygen atoms in total. The average molecular weight is 676 g/mol. The van der Waals surface area contributed by atoms with Gasteiger partial charge in [0.15, 0.2) is 0 Å². The number of nitrogens with zero attached hydrogens (tertiary/aromatic N) is 4. The van der Waals surface area contributed by atoms with Crippen molar-refractivity contribution >= 4 is 34.1 Å². The third-order valence-electron chi connectivity index (χ3n) is 9.96. The Kier molecular flexibility index (Phi) is 8.43. The van der Waals surface area contributed by atoms with Crippen molar-refractivity contribution in [2.24, 2.45) is 7.05 Å². The molecule has 2 atom stereocenters. The van der Waals surface area contributed by atoms with E-state index in [-0.39, 0.29) is 24.3 Å². The number of carbonyl (C=O) groups is 2. The minimum atomic E-state index is -0.541. The lowest BCUT2D eigenvalue weighted by Crippen LogP contribution is -2.37. The minimum Gasteiger partial charge on any atom is -0.444 e. The predicted octanol–water partition coefficient (Wildman–Crippen LogP) is 9.84. The third-order valence-corrected chi connectivity index (χ3v) is 9.96. The molecule has 4 heterocycles. The highest BCUT2D eigenvalue weighted by molar-refractivity contribution is 5.89. The lowest BCUT2D eigenvalue weighted by atomic mass is 9.99. The van der Waals surface area contributed by atoms with Crippen LogP contribution in [0.2, 0.25) is 0 Å². The van der Waals surface area contributed by atoms with Crippen LogP contribution in [0, 0.1) is 6.92 Å². The number of likely N-dealkylation sites (tertiary alicyclic amines) is 2. The number of ether oxygens (including phenoxy) is 2. The maximum Gasteiger partial charge on any atom is 0.410 e. The number of amides is 2. The van der Waals surface area contributed by atoms with Crippen molar-refractivity contribution in [3.63, 3.8) is 0 Å². The zero-order chi connectivity index (χ0) is 35.5. The van der Waals surface area contributed by atoms with Crippen LogP contribution in [-0.4, -0.2) is 60.8 Å². The number of rotatable bonds is 4. The van der Waals surface area contributed by atoms with E-state index in [1.807, 2.05) is 58.4 Å². The molecule has 0 aliphatic carbocycles. The molecule has 50 heavy (non-hydrogen) atoms. The number of fused-ring (bicyclic) bond motifs is 2. The molecule has 2 aliphatic heterocycles. The number of hydrogen-bond acceptors (Lipinski definition) is 5. The van der Waals surface area contributed by atoms with Gasteiger partial charge in [-0.3, -0.25) is 9.80 Å². The Hall–Kier alpha value is -4.79. The number of aryl methyl sites for hydroxylation is 2. The fourth-order valence-electron chi connectivity index (χ4n) is 7.60. The topological polar surface area (TPSA) is 92.7 Å². The van der Waals surface area contributed by atoms with E-state index in [0.717, 1.165) is 76.0 Å². The Labute approximate surface area is 294 Å². The summed E-state index contributed by atoms with van der Waals surface area (Å²) in [4.78, 5) is 38.4. The molecule has 5 aromatic rings. The van der Waals surface area contributed by atoms with E-state index in [2.05, 4.69) is 77.1 Å². The molecule has 262 valence electrons. The van der Waals surface area contributed by atoms with Gasteiger partial charge in [0.05, 0.1) is 23.1 Å². The largest absolute Gasteiger partial charge is 0.444 e. The van der Waals surface area contributed by atoms with Crippen LogP contribution in [0.5, 0.6) is 0 Å². The van der Waals surface area contributed by atoms with E-state index in [4.69, 9.17) is 14.5 Å². The molecule has 2 aliphatic rings. The second-order valence-electron chi connectivity index (χ2n) is 15.9. The molecule has 2 amide bonds. The first-order valence-electron chi connectivity index (χ1n) is 17.9. The zero-order valence-corrected chi connectivity index (χ0v) is 30.6. The number of carbonyl (C=O) groups excluding carboxylic acids is 2. The van der Waals surface area contributed by atoms with Crippen LogP contribution in [-0.2, 0) is 16.5 Å². The molecule has 2 saturated heterocycles. The van der Waals surface area contributed by atoms with E-state index in [1.54, 1.807) is 0 Å². The number of H-pyrrole nitrogens is 1. The van der Waals surface area contributed by atoms with Crippen molar-refractivity contribution in [1.29, 1.82) is 0 Å². The standard InChI is InChI=1S/C41H49N5O4/c1-25-30-19-17-28(23-31(30)42-36(25)34-11-9-21-45(34)38(47)49-40(2,3)4)26-13-15-27(16-14-26)29-18-20-33-32(24-29)43-37(44(33)8)35-12-10-22-46(35)39(48)50-41(5,6)7/h13-20,23-24,34-35,42H,9-12,21-22H2,1-8H3/t34-,35-/m0/s1. The Morgan fingerprint density at radius 1 is 0.740 bits per heavy atom. The van der Waals surface area contributed by atoms with Crippen LogP contribution in [0.3, 0.4) is 0 Å². The maximum atomic E-state index is 13.0. The molecule has 3 aromatic carbocycles. The molecular formula is C41H49N5O4. The van der Waals surface area contributed by atoms with Crippen LogP contribution in [0.1, 0.15) is 96.4 Å². The summed E-state index contributed by atoms with van der Waals surface area (Å²) < 4.78 is 13.6. The maximum absolute atomic E-state index is 13.0.